The van der Waals surface area contributed by atoms with Crippen LogP contribution in [0.25, 0.3) is 0 Å². The average molecular weight is 199 g/mol. The lowest BCUT2D eigenvalue weighted by atomic mass is 9.98. The maximum Gasteiger partial charge on any atom is 0.0488 e. The highest BCUT2D eigenvalue weighted by Crippen LogP contribution is 2.34. The summed E-state index contributed by atoms with van der Waals surface area (Å²) in [5, 5.41) is 3.59. The lowest BCUT2D eigenvalue weighted by Crippen LogP contribution is -2.31. The Labute approximate surface area is 88.4 Å². The zero-order valence-corrected chi connectivity index (χ0v) is 9.88. The summed E-state index contributed by atoms with van der Waals surface area (Å²) >= 11 is 0. The molecule has 1 saturated carbocycles. The SMILES string of the molecule is CCNC(CC(C)COC)CC1CC1. The van der Waals surface area contributed by atoms with Gasteiger partial charge in [0.2, 0.25) is 0 Å². The van der Waals surface area contributed by atoms with Crippen molar-refractivity contribution in [2.24, 2.45) is 11.8 Å². The molecule has 0 saturated heterocycles. The van der Waals surface area contributed by atoms with E-state index in [1.54, 1.807) is 7.11 Å². The minimum atomic E-state index is 0.683. The molecule has 1 N–H and O–H groups in total. The summed E-state index contributed by atoms with van der Waals surface area (Å²) in [6.07, 6.45) is 5.56. The van der Waals surface area contributed by atoms with E-state index in [2.05, 4.69) is 19.2 Å². The van der Waals surface area contributed by atoms with Crippen LogP contribution in [0.3, 0.4) is 0 Å². The van der Waals surface area contributed by atoms with Crippen LogP contribution in [-0.4, -0.2) is 26.3 Å². The van der Waals surface area contributed by atoms with Gasteiger partial charge in [-0.05, 0) is 31.2 Å². The molecule has 84 valence electrons. The molecule has 0 radical (unpaired) electrons. The second-order valence-corrected chi connectivity index (χ2v) is 4.73. The van der Waals surface area contributed by atoms with E-state index in [-0.39, 0.29) is 0 Å². The first-order chi connectivity index (χ1) is 6.76. The van der Waals surface area contributed by atoms with Gasteiger partial charge in [-0.3, -0.25) is 0 Å². The molecule has 0 aromatic heterocycles. The highest BCUT2D eigenvalue weighted by atomic mass is 16.5. The maximum atomic E-state index is 5.18. The van der Waals surface area contributed by atoms with Crippen molar-refractivity contribution in [1.82, 2.24) is 5.32 Å². The molecule has 0 spiro atoms. The van der Waals surface area contributed by atoms with Gasteiger partial charge < -0.3 is 10.1 Å². The van der Waals surface area contributed by atoms with E-state index in [0.29, 0.717) is 5.92 Å². The van der Waals surface area contributed by atoms with E-state index in [1.807, 2.05) is 0 Å². The summed E-state index contributed by atoms with van der Waals surface area (Å²) in [6.45, 7) is 6.46. The van der Waals surface area contributed by atoms with Crippen molar-refractivity contribution in [2.75, 3.05) is 20.3 Å². The van der Waals surface area contributed by atoms with E-state index < -0.39 is 0 Å². The van der Waals surface area contributed by atoms with Gasteiger partial charge in [-0.1, -0.05) is 26.7 Å². The molecular weight excluding hydrogens is 174 g/mol. The van der Waals surface area contributed by atoms with Crippen LogP contribution in [0.15, 0.2) is 0 Å². The molecule has 2 unspecified atom stereocenters. The number of hydrogen-bond acceptors (Lipinski definition) is 2. The van der Waals surface area contributed by atoms with E-state index >= 15 is 0 Å². The maximum absolute atomic E-state index is 5.18. The largest absolute Gasteiger partial charge is 0.384 e. The smallest absolute Gasteiger partial charge is 0.0488 e. The van der Waals surface area contributed by atoms with Crippen molar-refractivity contribution in [1.29, 1.82) is 0 Å². The molecule has 1 aliphatic rings. The predicted molar refractivity (Wildman–Crippen MR) is 60.5 cm³/mol. The van der Waals surface area contributed by atoms with E-state index in [0.717, 1.165) is 25.1 Å². The van der Waals surface area contributed by atoms with Gasteiger partial charge in [0, 0.05) is 19.8 Å². The monoisotopic (exact) mass is 199 g/mol. The van der Waals surface area contributed by atoms with Crippen molar-refractivity contribution >= 4 is 0 Å². The van der Waals surface area contributed by atoms with Gasteiger partial charge >= 0.3 is 0 Å². The highest BCUT2D eigenvalue weighted by molar-refractivity contribution is 4.81. The third-order valence-electron chi connectivity index (χ3n) is 2.95. The number of ether oxygens (including phenoxy) is 1. The number of methoxy groups -OCH3 is 1. The van der Waals surface area contributed by atoms with E-state index in [9.17, 15) is 0 Å². The summed E-state index contributed by atoms with van der Waals surface area (Å²) in [7, 11) is 1.79. The fraction of sp³-hybridized carbons (Fsp3) is 1.00. The van der Waals surface area contributed by atoms with Crippen LogP contribution in [0.5, 0.6) is 0 Å². The van der Waals surface area contributed by atoms with Gasteiger partial charge in [-0.2, -0.15) is 0 Å². The second kappa shape index (κ2) is 6.41. The summed E-state index contributed by atoms with van der Waals surface area (Å²) < 4.78 is 5.18. The lowest BCUT2D eigenvalue weighted by molar-refractivity contribution is 0.148. The van der Waals surface area contributed by atoms with Crippen molar-refractivity contribution in [2.45, 2.75) is 45.6 Å². The van der Waals surface area contributed by atoms with Gasteiger partial charge in [0.15, 0.2) is 0 Å². The van der Waals surface area contributed by atoms with Crippen LogP contribution in [-0.2, 0) is 4.74 Å². The second-order valence-electron chi connectivity index (χ2n) is 4.73. The standard InChI is InChI=1S/C12H25NO/c1-4-13-12(8-11-5-6-11)7-10(2)9-14-3/h10-13H,4-9H2,1-3H3. The minimum absolute atomic E-state index is 0.683. The molecule has 1 rings (SSSR count). The minimum Gasteiger partial charge on any atom is -0.384 e. The molecular formula is C12H25NO. The Hall–Kier alpha value is -0.0800. The number of rotatable bonds is 8. The van der Waals surface area contributed by atoms with Gasteiger partial charge in [0.05, 0.1) is 0 Å². The zero-order chi connectivity index (χ0) is 10.4. The van der Waals surface area contributed by atoms with Crippen molar-refractivity contribution in [3.05, 3.63) is 0 Å². The summed E-state index contributed by atoms with van der Waals surface area (Å²) in [5.74, 6) is 1.71. The number of nitrogens with one attached hydrogen (secondary N) is 1. The van der Waals surface area contributed by atoms with Crippen molar-refractivity contribution in [3.8, 4) is 0 Å². The molecule has 1 fully saturated rings. The first-order valence-electron chi connectivity index (χ1n) is 5.98. The first-order valence-corrected chi connectivity index (χ1v) is 5.98. The Balaban J connectivity index is 2.18. The predicted octanol–water partition coefficient (Wildman–Crippen LogP) is 2.44. The Morgan fingerprint density at radius 1 is 1.43 bits per heavy atom. The van der Waals surface area contributed by atoms with Crippen molar-refractivity contribution < 1.29 is 4.74 Å². The summed E-state index contributed by atoms with van der Waals surface area (Å²) in [4.78, 5) is 0. The zero-order valence-electron chi connectivity index (χ0n) is 9.88. The van der Waals surface area contributed by atoms with Crippen molar-refractivity contribution in [3.63, 3.8) is 0 Å². The van der Waals surface area contributed by atoms with Crippen LogP contribution < -0.4 is 5.32 Å². The molecule has 0 amide bonds. The van der Waals surface area contributed by atoms with Crippen LogP contribution >= 0.6 is 0 Å². The first kappa shape index (κ1) is 12.0. The third-order valence-corrected chi connectivity index (χ3v) is 2.95. The van der Waals surface area contributed by atoms with E-state index in [4.69, 9.17) is 4.74 Å². The molecule has 0 bridgehead atoms. The molecule has 0 heterocycles. The van der Waals surface area contributed by atoms with E-state index in [1.165, 1.54) is 25.7 Å². The van der Waals surface area contributed by atoms with Crippen LogP contribution in [0, 0.1) is 11.8 Å². The molecule has 14 heavy (non-hydrogen) atoms. The molecule has 0 aromatic rings. The molecule has 0 aliphatic heterocycles. The fourth-order valence-corrected chi connectivity index (χ4v) is 2.15. The summed E-state index contributed by atoms with van der Waals surface area (Å²) in [5.41, 5.74) is 0. The Morgan fingerprint density at radius 2 is 2.14 bits per heavy atom. The van der Waals surface area contributed by atoms with Gasteiger partial charge in [0.1, 0.15) is 0 Å². The Morgan fingerprint density at radius 3 is 2.64 bits per heavy atom. The average Bonchev–Trinajstić information content (AvgIpc) is 2.89. The van der Waals surface area contributed by atoms with Gasteiger partial charge in [-0.25, -0.2) is 0 Å². The van der Waals surface area contributed by atoms with Gasteiger partial charge in [-0.15, -0.1) is 0 Å². The lowest BCUT2D eigenvalue weighted by Gasteiger charge is -2.21. The fourth-order valence-electron chi connectivity index (χ4n) is 2.15. The summed E-state index contributed by atoms with van der Waals surface area (Å²) in [6, 6.07) is 0.720. The third kappa shape index (κ3) is 4.97. The Kier molecular flexibility index (Phi) is 5.49. The van der Waals surface area contributed by atoms with Crippen LogP contribution in [0.2, 0.25) is 0 Å². The number of hydrogen-bond donors (Lipinski definition) is 1. The van der Waals surface area contributed by atoms with Gasteiger partial charge in [0.25, 0.3) is 0 Å². The molecule has 2 heteroatoms. The Bertz CT molecular complexity index is 145. The topological polar surface area (TPSA) is 21.3 Å². The normalized spacial score (nSPS) is 20.8. The molecule has 1 aliphatic carbocycles. The quantitative estimate of drug-likeness (QED) is 0.648. The van der Waals surface area contributed by atoms with Crippen LogP contribution in [0.1, 0.15) is 39.5 Å². The molecule has 2 atom stereocenters. The van der Waals surface area contributed by atoms with Crippen LogP contribution in [0.4, 0.5) is 0 Å². The highest BCUT2D eigenvalue weighted by Gasteiger charge is 2.25. The molecule has 2 nitrogen and oxygen atoms in total. The molecule has 0 aromatic carbocycles.